The Kier molecular flexibility index (Phi) is 14.6. The van der Waals surface area contributed by atoms with E-state index in [-0.39, 0.29) is 6.79 Å². The van der Waals surface area contributed by atoms with Gasteiger partial charge in [-0.3, -0.25) is 4.79 Å². The maximum Gasteiger partial charge on any atom is 0.189 e. The van der Waals surface area contributed by atoms with Crippen molar-refractivity contribution in [3.63, 3.8) is 0 Å². The summed E-state index contributed by atoms with van der Waals surface area (Å²) in [7, 11) is 0. The summed E-state index contributed by atoms with van der Waals surface area (Å²) in [5.74, 6) is 0.408. The van der Waals surface area contributed by atoms with Crippen LogP contribution in [0.25, 0.3) is 0 Å². The van der Waals surface area contributed by atoms with Gasteiger partial charge in [0.2, 0.25) is 0 Å². The molecule has 3 nitrogen and oxygen atoms in total. The highest BCUT2D eigenvalue weighted by Gasteiger charge is 1.96. The van der Waals surface area contributed by atoms with Crippen LogP contribution in [0.4, 0.5) is 0 Å². The van der Waals surface area contributed by atoms with Gasteiger partial charge in [-0.2, -0.15) is 0 Å². The second-order valence-electron chi connectivity index (χ2n) is 4.80. The fourth-order valence-corrected chi connectivity index (χ4v) is 1.76. The van der Waals surface area contributed by atoms with E-state index in [4.69, 9.17) is 9.47 Å². The predicted octanol–water partition coefficient (Wildman–Crippen LogP) is 4.61. The zero-order chi connectivity index (χ0) is 14.2. The topological polar surface area (TPSA) is 35.5 Å². The molecule has 0 radical (unpaired) electrons. The van der Waals surface area contributed by atoms with Gasteiger partial charge in [-0.05, 0) is 25.3 Å². The number of allylic oxidation sites excluding steroid dienone is 2. The summed E-state index contributed by atoms with van der Waals surface area (Å²) in [5, 5.41) is 0. The monoisotopic (exact) mass is 270 g/mol. The van der Waals surface area contributed by atoms with E-state index in [1.54, 1.807) is 0 Å². The minimum absolute atomic E-state index is 0.185. The number of unbranched alkanes of at least 4 members (excludes halogenated alkanes) is 7. The first-order chi connectivity index (χ1) is 9.35. The molecule has 3 heteroatoms. The summed E-state index contributed by atoms with van der Waals surface area (Å²) in [6.45, 7) is 5.25. The van der Waals surface area contributed by atoms with E-state index in [2.05, 4.69) is 13.8 Å². The fraction of sp³-hybridized carbons (Fsp3) is 0.812. The van der Waals surface area contributed by atoms with Crippen molar-refractivity contribution in [2.75, 3.05) is 13.4 Å². The van der Waals surface area contributed by atoms with Gasteiger partial charge in [0.25, 0.3) is 0 Å². The van der Waals surface area contributed by atoms with E-state index in [1.807, 2.05) is 6.08 Å². The van der Waals surface area contributed by atoms with E-state index in [0.717, 1.165) is 25.5 Å². The van der Waals surface area contributed by atoms with Crippen molar-refractivity contribution >= 4 is 6.29 Å². The lowest BCUT2D eigenvalue weighted by molar-refractivity contribution is -0.111. The smallest absolute Gasteiger partial charge is 0.189 e. The molecule has 0 N–H and O–H groups in total. The van der Waals surface area contributed by atoms with Gasteiger partial charge in [-0.1, -0.05) is 52.4 Å². The first-order valence-electron chi connectivity index (χ1n) is 7.71. The van der Waals surface area contributed by atoms with Gasteiger partial charge >= 0.3 is 0 Å². The molecule has 0 rings (SSSR count). The molecule has 0 aliphatic heterocycles. The Hall–Kier alpha value is -0.830. The molecule has 0 aromatic heterocycles. The zero-order valence-electron chi connectivity index (χ0n) is 12.7. The Morgan fingerprint density at radius 3 is 2.32 bits per heavy atom. The lowest BCUT2D eigenvalue weighted by Gasteiger charge is -2.06. The van der Waals surface area contributed by atoms with Gasteiger partial charge < -0.3 is 9.47 Å². The van der Waals surface area contributed by atoms with Crippen molar-refractivity contribution in [3.8, 4) is 0 Å². The molecule has 19 heavy (non-hydrogen) atoms. The van der Waals surface area contributed by atoms with Gasteiger partial charge in [-0.25, -0.2) is 0 Å². The Morgan fingerprint density at radius 1 is 0.947 bits per heavy atom. The SMILES string of the molecule is CCCCCCCC=C(C=O)OCOCCCCC. The summed E-state index contributed by atoms with van der Waals surface area (Å²) in [6.07, 6.45) is 13.1. The van der Waals surface area contributed by atoms with Crippen LogP contribution in [-0.4, -0.2) is 19.7 Å². The Labute approximate surface area is 118 Å². The van der Waals surface area contributed by atoms with E-state index < -0.39 is 0 Å². The maximum atomic E-state index is 10.8. The van der Waals surface area contributed by atoms with Crippen molar-refractivity contribution in [2.45, 2.75) is 71.6 Å². The number of hydrogen-bond acceptors (Lipinski definition) is 3. The minimum Gasteiger partial charge on any atom is -0.464 e. The highest BCUT2D eigenvalue weighted by Crippen LogP contribution is 2.07. The quantitative estimate of drug-likeness (QED) is 0.152. The van der Waals surface area contributed by atoms with E-state index >= 15 is 0 Å². The first kappa shape index (κ1) is 18.2. The average Bonchev–Trinajstić information content (AvgIpc) is 2.44. The number of carbonyl (C=O) groups excluding carboxylic acids is 1. The van der Waals surface area contributed by atoms with Crippen LogP contribution in [0, 0.1) is 0 Å². The predicted molar refractivity (Wildman–Crippen MR) is 79.0 cm³/mol. The van der Waals surface area contributed by atoms with E-state index in [9.17, 15) is 4.79 Å². The lowest BCUT2D eigenvalue weighted by Crippen LogP contribution is -2.02. The zero-order valence-corrected chi connectivity index (χ0v) is 12.7. The van der Waals surface area contributed by atoms with Crippen molar-refractivity contribution < 1.29 is 14.3 Å². The first-order valence-corrected chi connectivity index (χ1v) is 7.71. The second-order valence-corrected chi connectivity index (χ2v) is 4.80. The standard InChI is InChI=1S/C16H30O3/c1-3-5-7-8-9-10-12-16(14-17)19-15-18-13-11-6-4-2/h12,14H,3-11,13,15H2,1-2H3. The van der Waals surface area contributed by atoms with Gasteiger partial charge in [-0.15, -0.1) is 0 Å². The molecule has 0 amide bonds. The molecule has 0 aliphatic carbocycles. The Morgan fingerprint density at radius 2 is 1.63 bits per heavy atom. The maximum absolute atomic E-state index is 10.8. The molecule has 0 heterocycles. The summed E-state index contributed by atoms with van der Waals surface area (Å²) in [4.78, 5) is 10.8. The van der Waals surface area contributed by atoms with Crippen molar-refractivity contribution in [1.29, 1.82) is 0 Å². The molecule has 0 saturated heterocycles. The van der Waals surface area contributed by atoms with Crippen LogP contribution in [0.1, 0.15) is 71.6 Å². The van der Waals surface area contributed by atoms with Gasteiger partial charge in [0.05, 0.1) is 6.61 Å². The number of carbonyl (C=O) groups is 1. The molecule has 112 valence electrons. The number of ether oxygens (including phenoxy) is 2. The summed E-state index contributed by atoms with van der Waals surface area (Å²) in [5.41, 5.74) is 0. The average molecular weight is 270 g/mol. The van der Waals surface area contributed by atoms with Crippen molar-refractivity contribution in [3.05, 3.63) is 11.8 Å². The van der Waals surface area contributed by atoms with Crippen LogP contribution in [0.3, 0.4) is 0 Å². The third-order valence-corrected chi connectivity index (χ3v) is 2.97. The highest BCUT2D eigenvalue weighted by atomic mass is 16.7. The second kappa shape index (κ2) is 15.2. The number of aldehydes is 1. The van der Waals surface area contributed by atoms with Crippen LogP contribution in [-0.2, 0) is 14.3 Å². The molecule has 0 fully saturated rings. The minimum atomic E-state index is 0.185. The summed E-state index contributed by atoms with van der Waals surface area (Å²) >= 11 is 0. The van der Waals surface area contributed by atoms with Crippen LogP contribution in [0.15, 0.2) is 11.8 Å². The van der Waals surface area contributed by atoms with Crippen LogP contribution in [0.2, 0.25) is 0 Å². The van der Waals surface area contributed by atoms with Crippen molar-refractivity contribution in [1.82, 2.24) is 0 Å². The third-order valence-electron chi connectivity index (χ3n) is 2.97. The summed E-state index contributed by atoms with van der Waals surface area (Å²) < 4.78 is 10.6. The normalized spacial score (nSPS) is 11.6. The van der Waals surface area contributed by atoms with Gasteiger partial charge in [0, 0.05) is 0 Å². The fourth-order valence-electron chi connectivity index (χ4n) is 1.76. The van der Waals surface area contributed by atoms with Crippen molar-refractivity contribution in [2.24, 2.45) is 0 Å². The molecular weight excluding hydrogens is 240 g/mol. The van der Waals surface area contributed by atoms with Crippen LogP contribution >= 0.6 is 0 Å². The van der Waals surface area contributed by atoms with Gasteiger partial charge in [0.1, 0.15) is 0 Å². The molecule has 0 spiro atoms. The summed E-state index contributed by atoms with van der Waals surface area (Å²) in [6, 6.07) is 0. The molecule has 0 unspecified atom stereocenters. The molecule has 0 aromatic carbocycles. The molecule has 0 saturated carbocycles. The number of hydrogen-bond donors (Lipinski definition) is 0. The molecule has 0 atom stereocenters. The van der Waals surface area contributed by atoms with E-state index in [0.29, 0.717) is 12.4 Å². The van der Waals surface area contributed by atoms with E-state index in [1.165, 1.54) is 38.5 Å². The lowest BCUT2D eigenvalue weighted by atomic mass is 10.1. The Bertz CT molecular complexity index is 224. The van der Waals surface area contributed by atoms with Crippen LogP contribution < -0.4 is 0 Å². The number of rotatable bonds is 14. The molecule has 0 aliphatic rings. The highest BCUT2D eigenvalue weighted by molar-refractivity contribution is 5.69. The molecule has 0 bridgehead atoms. The third kappa shape index (κ3) is 13.4. The molecule has 0 aromatic rings. The largest absolute Gasteiger partial charge is 0.464 e. The molecular formula is C16H30O3. The van der Waals surface area contributed by atoms with Gasteiger partial charge in [0.15, 0.2) is 18.8 Å². The van der Waals surface area contributed by atoms with Crippen LogP contribution in [0.5, 0.6) is 0 Å². The Balaban J connectivity index is 3.49.